The van der Waals surface area contributed by atoms with Crippen LogP contribution in [0.25, 0.3) is 0 Å². The molecule has 2 saturated carbocycles. The van der Waals surface area contributed by atoms with Gasteiger partial charge in [0.2, 0.25) is 0 Å². The zero-order valence-corrected chi connectivity index (χ0v) is 17.2. The van der Waals surface area contributed by atoms with Crippen LogP contribution in [0.3, 0.4) is 0 Å². The molecular formula is C24H34O4. The van der Waals surface area contributed by atoms with Crippen LogP contribution in [0, 0.1) is 17.3 Å². The van der Waals surface area contributed by atoms with Gasteiger partial charge in [0.05, 0.1) is 19.3 Å². The molecule has 1 N–H and O–H groups in total. The topological polar surface area (TPSA) is 47.9 Å². The van der Waals surface area contributed by atoms with Crippen LogP contribution < -0.4 is 4.74 Å². The number of hydrogen-bond acceptors (Lipinski definition) is 4. The smallest absolute Gasteiger partial charge is 0.157 e. The van der Waals surface area contributed by atoms with E-state index in [0.29, 0.717) is 23.9 Å². The average Bonchev–Trinajstić information content (AvgIpc) is 3.05. The third-order valence-corrected chi connectivity index (χ3v) is 8.35. The van der Waals surface area contributed by atoms with Crippen LogP contribution in [-0.4, -0.2) is 31.2 Å². The molecule has 154 valence electrons. The lowest BCUT2D eigenvalue weighted by molar-refractivity contribution is -0.213. The molecule has 2 unspecified atom stereocenters. The first kappa shape index (κ1) is 18.9. The molecule has 4 heteroatoms. The Bertz CT molecular complexity index is 713. The number of fused-ring (bicyclic) bond motifs is 5. The van der Waals surface area contributed by atoms with E-state index in [1.165, 1.54) is 31.2 Å². The lowest BCUT2D eigenvalue weighted by atomic mass is 9.55. The molecule has 5 rings (SSSR count). The monoisotopic (exact) mass is 386 g/mol. The summed E-state index contributed by atoms with van der Waals surface area (Å²) in [4.78, 5) is 0. The minimum absolute atomic E-state index is 0.00261. The summed E-state index contributed by atoms with van der Waals surface area (Å²) in [5, 5.41) is 10.9. The number of benzene rings is 1. The van der Waals surface area contributed by atoms with Crippen molar-refractivity contribution in [1.29, 1.82) is 0 Å². The number of rotatable bonds is 3. The van der Waals surface area contributed by atoms with Gasteiger partial charge in [0.15, 0.2) is 6.29 Å². The van der Waals surface area contributed by atoms with E-state index in [2.05, 4.69) is 19.1 Å². The predicted molar refractivity (Wildman–Crippen MR) is 107 cm³/mol. The van der Waals surface area contributed by atoms with Gasteiger partial charge in [0.25, 0.3) is 0 Å². The van der Waals surface area contributed by atoms with E-state index in [1.54, 1.807) is 7.11 Å². The molecule has 0 radical (unpaired) electrons. The maximum absolute atomic E-state index is 10.9. The van der Waals surface area contributed by atoms with Gasteiger partial charge in [0, 0.05) is 6.61 Å². The average molecular weight is 387 g/mol. The Morgan fingerprint density at radius 1 is 1.11 bits per heavy atom. The van der Waals surface area contributed by atoms with Crippen molar-refractivity contribution in [2.75, 3.05) is 13.7 Å². The highest BCUT2D eigenvalue weighted by molar-refractivity contribution is 5.42. The van der Waals surface area contributed by atoms with Crippen LogP contribution in [-0.2, 0) is 9.47 Å². The van der Waals surface area contributed by atoms with Gasteiger partial charge in [0.1, 0.15) is 5.75 Å². The molecule has 4 aliphatic rings. The van der Waals surface area contributed by atoms with Crippen LogP contribution >= 0.6 is 0 Å². The molecule has 1 aromatic rings. The van der Waals surface area contributed by atoms with E-state index in [9.17, 15) is 5.11 Å². The standard InChI is InChI=1S/C24H34O4/c1-24-11-10-17-16-7-6-15(26-2)13-19(16)21(25)14-18(17)20(24)8-9-22(24)28-23-5-3-4-12-27-23/h6-7,13,17-18,20-23,25H,3-5,8-12,14H2,1-2H3/t17-,18+,20+,21?,22-,23?,24-/m0/s1. The maximum atomic E-state index is 10.9. The predicted octanol–water partition coefficient (Wildman–Crippen LogP) is 4.95. The fraction of sp³-hybridized carbons (Fsp3) is 0.750. The Hall–Kier alpha value is -1.10. The zero-order valence-electron chi connectivity index (χ0n) is 17.2. The van der Waals surface area contributed by atoms with Crippen LogP contribution in [0.1, 0.15) is 81.4 Å². The summed E-state index contributed by atoms with van der Waals surface area (Å²) in [6.45, 7) is 3.29. The minimum atomic E-state index is -0.379. The van der Waals surface area contributed by atoms with E-state index in [1.807, 2.05) is 6.07 Å². The Morgan fingerprint density at radius 3 is 2.79 bits per heavy atom. The summed E-state index contributed by atoms with van der Waals surface area (Å²) in [5.41, 5.74) is 2.66. The van der Waals surface area contributed by atoms with Crippen molar-refractivity contribution in [2.45, 2.75) is 82.7 Å². The first-order valence-electron chi connectivity index (χ1n) is 11.2. The Balaban J connectivity index is 1.38. The number of methoxy groups -OCH3 is 1. The molecule has 4 nitrogen and oxygen atoms in total. The van der Waals surface area contributed by atoms with E-state index in [-0.39, 0.29) is 17.8 Å². The number of aliphatic hydroxyl groups excluding tert-OH is 1. The van der Waals surface area contributed by atoms with E-state index < -0.39 is 0 Å². The van der Waals surface area contributed by atoms with Crippen LogP contribution in [0.4, 0.5) is 0 Å². The Morgan fingerprint density at radius 2 is 2.00 bits per heavy atom. The van der Waals surface area contributed by atoms with Crippen molar-refractivity contribution in [2.24, 2.45) is 17.3 Å². The van der Waals surface area contributed by atoms with Crippen molar-refractivity contribution < 1.29 is 19.3 Å². The molecule has 0 aromatic heterocycles. The second-order valence-electron chi connectivity index (χ2n) is 9.67. The van der Waals surface area contributed by atoms with Crippen molar-refractivity contribution >= 4 is 0 Å². The Kier molecular flexibility index (Phi) is 4.93. The van der Waals surface area contributed by atoms with E-state index in [4.69, 9.17) is 14.2 Å². The Labute approximate surface area is 168 Å². The molecular weight excluding hydrogens is 352 g/mol. The molecule has 0 amide bonds. The minimum Gasteiger partial charge on any atom is -0.497 e. The molecule has 1 heterocycles. The second kappa shape index (κ2) is 7.30. The van der Waals surface area contributed by atoms with Crippen LogP contribution in [0.2, 0.25) is 0 Å². The molecule has 3 fully saturated rings. The molecule has 0 bridgehead atoms. The first-order chi connectivity index (χ1) is 13.6. The number of ether oxygens (including phenoxy) is 3. The van der Waals surface area contributed by atoms with Crippen molar-refractivity contribution in [3.63, 3.8) is 0 Å². The summed E-state index contributed by atoms with van der Waals surface area (Å²) < 4.78 is 17.8. The van der Waals surface area contributed by atoms with Crippen molar-refractivity contribution in [3.8, 4) is 5.75 Å². The zero-order chi connectivity index (χ0) is 19.3. The van der Waals surface area contributed by atoms with Crippen LogP contribution in [0.15, 0.2) is 18.2 Å². The summed E-state index contributed by atoms with van der Waals surface area (Å²) in [6.07, 6.45) is 8.96. The third kappa shape index (κ3) is 3.00. The van der Waals surface area contributed by atoms with E-state index >= 15 is 0 Å². The second-order valence-corrected chi connectivity index (χ2v) is 9.67. The highest BCUT2D eigenvalue weighted by Gasteiger charge is 2.56. The van der Waals surface area contributed by atoms with Gasteiger partial charge in [-0.05, 0) is 97.8 Å². The number of aliphatic hydroxyl groups is 1. The van der Waals surface area contributed by atoms with Gasteiger partial charge in [-0.3, -0.25) is 0 Å². The quantitative estimate of drug-likeness (QED) is 0.798. The van der Waals surface area contributed by atoms with Gasteiger partial charge in [-0.15, -0.1) is 0 Å². The molecule has 0 spiro atoms. The maximum Gasteiger partial charge on any atom is 0.157 e. The number of hydrogen-bond donors (Lipinski definition) is 1. The molecule has 1 aromatic carbocycles. The van der Waals surface area contributed by atoms with Gasteiger partial charge >= 0.3 is 0 Å². The van der Waals surface area contributed by atoms with Crippen molar-refractivity contribution in [1.82, 2.24) is 0 Å². The molecule has 7 atom stereocenters. The normalized spacial score (nSPS) is 42.4. The third-order valence-electron chi connectivity index (χ3n) is 8.35. The van der Waals surface area contributed by atoms with Gasteiger partial charge < -0.3 is 19.3 Å². The largest absolute Gasteiger partial charge is 0.497 e. The highest BCUT2D eigenvalue weighted by Crippen LogP contribution is 2.63. The summed E-state index contributed by atoms with van der Waals surface area (Å²) in [6, 6.07) is 6.31. The summed E-state index contributed by atoms with van der Waals surface area (Å²) >= 11 is 0. The van der Waals surface area contributed by atoms with E-state index in [0.717, 1.165) is 43.6 Å². The molecule has 1 aliphatic heterocycles. The van der Waals surface area contributed by atoms with Crippen molar-refractivity contribution in [3.05, 3.63) is 29.3 Å². The molecule has 3 aliphatic carbocycles. The fourth-order valence-electron chi connectivity index (χ4n) is 6.87. The highest BCUT2D eigenvalue weighted by atomic mass is 16.7. The molecule has 1 saturated heterocycles. The fourth-order valence-corrected chi connectivity index (χ4v) is 6.87. The first-order valence-corrected chi connectivity index (χ1v) is 11.2. The van der Waals surface area contributed by atoms with Gasteiger partial charge in [-0.25, -0.2) is 0 Å². The van der Waals surface area contributed by atoms with Gasteiger partial charge in [-0.1, -0.05) is 13.0 Å². The lowest BCUT2D eigenvalue weighted by Crippen LogP contribution is -2.46. The van der Waals surface area contributed by atoms with Crippen LogP contribution in [0.5, 0.6) is 5.75 Å². The van der Waals surface area contributed by atoms with Gasteiger partial charge in [-0.2, -0.15) is 0 Å². The lowest BCUT2D eigenvalue weighted by Gasteiger charge is -2.51. The molecule has 28 heavy (non-hydrogen) atoms. The SMILES string of the molecule is COc1ccc2c(c1)C(O)C[C@H]1[C@H]3CC[C@H](OC4CCCCO4)[C@@]3(C)CC[C@@H]21. The summed E-state index contributed by atoms with van der Waals surface area (Å²) in [7, 11) is 1.69. The summed E-state index contributed by atoms with van der Waals surface area (Å²) in [5.74, 6) is 2.59.